The fourth-order valence-electron chi connectivity index (χ4n) is 2.56. The predicted octanol–water partition coefficient (Wildman–Crippen LogP) is 2.15. The summed E-state index contributed by atoms with van der Waals surface area (Å²) in [4.78, 5) is 0. The zero-order chi connectivity index (χ0) is 10.7. The molecule has 0 bridgehead atoms. The molecule has 0 spiro atoms. The van der Waals surface area contributed by atoms with Gasteiger partial charge in [0.2, 0.25) is 0 Å². The van der Waals surface area contributed by atoms with Crippen LogP contribution >= 0.6 is 0 Å². The van der Waals surface area contributed by atoms with E-state index in [0.717, 1.165) is 12.0 Å². The van der Waals surface area contributed by atoms with Crippen molar-refractivity contribution in [1.29, 1.82) is 0 Å². The number of piperidine rings is 1. The summed E-state index contributed by atoms with van der Waals surface area (Å²) in [5.41, 5.74) is 0.652. The van der Waals surface area contributed by atoms with Gasteiger partial charge in [-0.2, -0.15) is 0 Å². The molecule has 2 N–H and O–H groups in total. The maximum Gasteiger partial charge on any atom is 0.0195 e. The highest BCUT2D eigenvalue weighted by Gasteiger charge is 2.36. The van der Waals surface area contributed by atoms with E-state index >= 15 is 0 Å². The van der Waals surface area contributed by atoms with Crippen LogP contribution in [-0.2, 0) is 0 Å². The number of nitrogens with one attached hydrogen (secondary N) is 2. The molecule has 1 heterocycles. The largest absolute Gasteiger partial charge is 0.315 e. The van der Waals surface area contributed by atoms with Crippen molar-refractivity contribution in [1.82, 2.24) is 10.6 Å². The Hall–Kier alpha value is -0.0800. The van der Waals surface area contributed by atoms with Gasteiger partial charge in [0.1, 0.15) is 0 Å². The monoisotopic (exact) mass is 210 g/mol. The number of hydrogen-bond donors (Lipinski definition) is 2. The predicted molar refractivity (Wildman–Crippen MR) is 65.0 cm³/mol. The van der Waals surface area contributed by atoms with Crippen LogP contribution in [0.5, 0.6) is 0 Å². The van der Waals surface area contributed by atoms with E-state index in [9.17, 15) is 0 Å². The first-order valence-electron chi connectivity index (χ1n) is 6.66. The van der Waals surface area contributed by atoms with Crippen molar-refractivity contribution in [3.05, 3.63) is 0 Å². The molecule has 2 heteroatoms. The lowest BCUT2D eigenvalue weighted by molar-refractivity contribution is 0.284. The van der Waals surface area contributed by atoms with Crippen molar-refractivity contribution in [3.8, 4) is 0 Å². The van der Waals surface area contributed by atoms with Gasteiger partial charge in [-0.25, -0.2) is 0 Å². The Labute approximate surface area is 94.2 Å². The molecule has 1 aliphatic carbocycles. The molecule has 2 rings (SSSR count). The molecule has 1 saturated heterocycles. The van der Waals surface area contributed by atoms with E-state index in [-0.39, 0.29) is 0 Å². The molecule has 88 valence electrons. The van der Waals surface area contributed by atoms with Crippen molar-refractivity contribution in [2.75, 3.05) is 19.6 Å². The van der Waals surface area contributed by atoms with E-state index in [1.54, 1.807) is 0 Å². The molecule has 0 aromatic carbocycles. The van der Waals surface area contributed by atoms with E-state index in [1.165, 1.54) is 51.7 Å². The first kappa shape index (κ1) is 11.4. The quantitative estimate of drug-likeness (QED) is 0.726. The van der Waals surface area contributed by atoms with Crippen LogP contribution in [0, 0.1) is 11.3 Å². The summed E-state index contributed by atoms with van der Waals surface area (Å²) < 4.78 is 0. The highest BCUT2D eigenvalue weighted by Crippen LogP contribution is 2.43. The van der Waals surface area contributed by atoms with Gasteiger partial charge in [0.15, 0.2) is 0 Å². The first-order valence-corrected chi connectivity index (χ1v) is 6.66. The Morgan fingerprint density at radius 2 is 2.20 bits per heavy atom. The van der Waals surface area contributed by atoms with Crippen molar-refractivity contribution >= 4 is 0 Å². The van der Waals surface area contributed by atoms with Gasteiger partial charge in [-0.3, -0.25) is 0 Å². The molecule has 0 aromatic heterocycles. The second-order valence-electron chi connectivity index (χ2n) is 5.89. The Bertz CT molecular complexity index is 199. The molecule has 2 nitrogen and oxygen atoms in total. The molecule has 15 heavy (non-hydrogen) atoms. The van der Waals surface area contributed by atoms with Gasteiger partial charge >= 0.3 is 0 Å². The van der Waals surface area contributed by atoms with Crippen LogP contribution in [0.4, 0.5) is 0 Å². The Morgan fingerprint density at radius 3 is 2.87 bits per heavy atom. The van der Waals surface area contributed by atoms with Crippen LogP contribution in [0.15, 0.2) is 0 Å². The summed E-state index contributed by atoms with van der Waals surface area (Å²) in [6.45, 7) is 8.34. The minimum Gasteiger partial charge on any atom is -0.315 e. The maximum atomic E-state index is 3.64. The lowest BCUT2D eigenvalue weighted by atomic mass is 9.90. The van der Waals surface area contributed by atoms with Crippen molar-refractivity contribution < 1.29 is 0 Å². The smallest absolute Gasteiger partial charge is 0.0195 e. The average molecular weight is 210 g/mol. The molecule has 2 unspecified atom stereocenters. The normalized spacial score (nSPS) is 34.0. The second-order valence-corrected chi connectivity index (χ2v) is 5.89. The van der Waals surface area contributed by atoms with Crippen LogP contribution in [0.1, 0.15) is 46.0 Å². The second kappa shape index (κ2) is 4.84. The zero-order valence-corrected chi connectivity index (χ0v) is 10.3. The van der Waals surface area contributed by atoms with Crippen LogP contribution < -0.4 is 10.6 Å². The van der Waals surface area contributed by atoms with Gasteiger partial charge < -0.3 is 10.6 Å². The Morgan fingerprint density at radius 1 is 1.40 bits per heavy atom. The molecule has 0 radical (unpaired) electrons. The summed E-state index contributed by atoms with van der Waals surface area (Å²) in [5.74, 6) is 0.967. The van der Waals surface area contributed by atoms with Gasteiger partial charge in [0, 0.05) is 19.1 Å². The molecule has 1 aliphatic heterocycles. The average Bonchev–Trinajstić information content (AvgIpc) is 2.97. The standard InChI is InChI=1S/C13H26N2/c1-3-11-4-7-15-12(8-11)9-14-10-13(2)5-6-13/h11-12,14-15H,3-10H2,1-2H3. The van der Waals surface area contributed by atoms with E-state index < -0.39 is 0 Å². The molecule has 1 saturated carbocycles. The van der Waals surface area contributed by atoms with E-state index in [1.807, 2.05) is 0 Å². The van der Waals surface area contributed by atoms with Crippen molar-refractivity contribution in [2.24, 2.45) is 11.3 Å². The summed E-state index contributed by atoms with van der Waals surface area (Å²) in [7, 11) is 0. The van der Waals surface area contributed by atoms with E-state index in [2.05, 4.69) is 24.5 Å². The van der Waals surface area contributed by atoms with Crippen LogP contribution in [0.3, 0.4) is 0 Å². The molecule has 2 aliphatic rings. The third-order valence-electron chi connectivity index (χ3n) is 4.23. The minimum absolute atomic E-state index is 0.652. The number of hydrogen-bond acceptors (Lipinski definition) is 2. The van der Waals surface area contributed by atoms with Crippen LogP contribution in [0.25, 0.3) is 0 Å². The molecule has 0 aromatic rings. The molecule has 2 fully saturated rings. The topological polar surface area (TPSA) is 24.1 Å². The SMILES string of the molecule is CCC1CCNC(CNCC2(C)CC2)C1. The summed E-state index contributed by atoms with van der Waals surface area (Å²) in [6.07, 6.45) is 6.96. The van der Waals surface area contributed by atoms with E-state index in [0.29, 0.717) is 5.41 Å². The van der Waals surface area contributed by atoms with Gasteiger partial charge in [0.25, 0.3) is 0 Å². The minimum atomic E-state index is 0.652. The van der Waals surface area contributed by atoms with Gasteiger partial charge in [0.05, 0.1) is 0 Å². The van der Waals surface area contributed by atoms with Crippen LogP contribution in [0.2, 0.25) is 0 Å². The maximum absolute atomic E-state index is 3.64. The van der Waals surface area contributed by atoms with Crippen LogP contribution in [-0.4, -0.2) is 25.7 Å². The fourth-order valence-corrected chi connectivity index (χ4v) is 2.56. The lowest BCUT2D eigenvalue weighted by Gasteiger charge is -2.30. The fraction of sp³-hybridized carbons (Fsp3) is 1.00. The zero-order valence-electron chi connectivity index (χ0n) is 10.3. The lowest BCUT2D eigenvalue weighted by Crippen LogP contribution is -2.45. The van der Waals surface area contributed by atoms with E-state index in [4.69, 9.17) is 0 Å². The van der Waals surface area contributed by atoms with Crippen molar-refractivity contribution in [2.45, 2.75) is 52.0 Å². The highest BCUT2D eigenvalue weighted by atomic mass is 15.0. The third-order valence-corrected chi connectivity index (χ3v) is 4.23. The molecular weight excluding hydrogens is 184 g/mol. The van der Waals surface area contributed by atoms with Gasteiger partial charge in [-0.05, 0) is 43.6 Å². The highest BCUT2D eigenvalue weighted by molar-refractivity contribution is 4.91. The molecule has 0 amide bonds. The van der Waals surface area contributed by atoms with Gasteiger partial charge in [-0.15, -0.1) is 0 Å². The third kappa shape index (κ3) is 3.46. The van der Waals surface area contributed by atoms with Crippen molar-refractivity contribution in [3.63, 3.8) is 0 Å². The summed E-state index contributed by atoms with van der Waals surface area (Å²) >= 11 is 0. The Kier molecular flexibility index (Phi) is 3.68. The first-order chi connectivity index (χ1) is 7.22. The summed E-state index contributed by atoms with van der Waals surface area (Å²) in [5, 5.41) is 7.27. The molecular formula is C13H26N2. The molecule has 2 atom stereocenters. The Balaban J connectivity index is 1.61. The number of rotatable bonds is 5. The van der Waals surface area contributed by atoms with Gasteiger partial charge in [-0.1, -0.05) is 20.3 Å². The summed E-state index contributed by atoms with van der Waals surface area (Å²) in [6, 6.07) is 0.728.